The van der Waals surface area contributed by atoms with Crippen LogP contribution >= 0.6 is 11.6 Å². The van der Waals surface area contributed by atoms with E-state index < -0.39 is 15.3 Å². The molecule has 2 aromatic rings. The maximum atomic E-state index is 13.0. The second-order valence-electron chi connectivity index (χ2n) is 6.72. The molecular weight excluding hydrogens is 356 g/mol. The third-order valence-electron chi connectivity index (χ3n) is 4.71. The van der Waals surface area contributed by atoms with E-state index in [-0.39, 0.29) is 12.0 Å². The molecule has 2 unspecified atom stereocenters. The summed E-state index contributed by atoms with van der Waals surface area (Å²) in [5, 5.41) is 1.98. The van der Waals surface area contributed by atoms with Gasteiger partial charge in [0, 0.05) is 24.5 Å². The molecule has 0 saturated carbocycles. The molecule has 0 aliphatic carbocycles. The number of likely N-dealkylation sites (N-methyl/N-ethyl adjacent to an activating group) is 1. The van der Waals surface area contributed by atoms with Crippen molar-refractivity contribution in [2.75, 3.05) is 13.6 Å². The Morgan fingerprint density at radius 2 is 1.60 bits per heavy atom. The molecule has 0 bridgehead atoms. The van der Waals surface area contributed by atoms with Gasteiger partial charge in [-0.25, -0.2) is 13.4 Å². The summed E-state index contributed by atoms with van der Waals surface area (Å²) in [6, 6.07) is 17.3. The van der Waals surface area contributed by atoms with Gasteiger partial charge >= 0.3 is 0 Å². The fraction of sp³-hybridized carbons (Fsp3) is 0.368. The molecule has 1 fully saturated rings. The number of sulfonamides is 1. The number of hydrazine groups is 1. The van der Waals surface area contributed by atoms with Crippen molar-refractivity contribution in [2.45, 2.75) is 31.1 Å². The number of hydrogen-bond donors (Lipinski definition) is 0. The molecule has 1 aliphatic heterocycles. The van der Waals surface area contributed by atoms with E-state index in [0.717, 1.165) is 11.1 Å². The Labute approximate surface area is 155 Å². The van der Waals surface area contributed by atoms with Gasteiger partial charge in [0.05, 0.1) is 11.3 Å². The van der Waals surface area contributed by atoms with Crippen molar-refractivity contribution in [1.29, 1.82) is 0 Å². The molecule has 0 radical (unpaired) electrons. The fourth-order valence-electron chi connectivity index (χ4n) is 3.41. The number of halogens is 1. The minimum absolute atomic E-state index is 0.0564. The second-order valence-corrected chi connectivity index (χ2v) is 9.50. The number of hydrogen-bond acceptors (Lipinski definition) is 3. The summed E-state index contributed by atoms with van der Waals surface area (Å²) in [5.74, 6) is 0.0564. The number of rotatable bonds is 4. The molecule has 2 atom stereocenters. The van der Waals surface area contributed by atoms with E-state index in [2.05, 4.69) is 12.1 Å². The predicted molar refractivity (Wildman–Crippen MR) is 102 cm³/mol. The Kier molecular flexibility index (Phi) is 5.21. The van der Waals surface area contributed by atoms with Crippen LogP contribution in [0.2, 0.25) is 5.02 Å². The lowest BCUT2D eigenvalue weighted by Crippen LogP contribution is -2.43. The molecule has 0 N–H and O–H groups in total. The monoisotopic (exact) mass is 378 g/mol. The number of nitrogens with zero attached hydrogens (tertiary/aromatic N) is 2. The van der Waals surface area contributed by atoms with Crippen LogP contribution in [-0.2, 0) is 10.0 Å². The molecule has 2 aromatic carbocycles. The summed E-state index contributed by atoms with van der Waals surface area (Å²) in [6.07, 6.45) is 0. The van der Waals surface area contributed by atoms with Crippen LogP contribution in [0.15, 0.2) is 54.6 Å². The average molecular weight is 379 g/mol. The van der Waals surface area contributed by atoms with E-state index in [9.17, 15) is 8.42 Å². The average Bonchev–Trinajstić information content (AvgIpc) is 2.94. The van der Waals surface area contributed by atoms with Crippen molar-refractivity contribution in [1.82, 2.24) is 9.42 Å². The lowest BCUT2D eigenvalue weighted by molar-refractivity contribution is 0.124. The Balaban J connectivity index is 2.13. The van der Waals surface area contributed by atoms with E-state index in [0.29, 0.717) is 11.6 Å². The third kappa shape index (κ3) is 3.47. The highest BCUT2D eigenvalue weighted by molar-refractivity contribution is 7.89. The lowest BCUT2D eigenvalue weighted by Gasteiger charge is -2.31. The summed E-state index contributed by atoms with van der Waals surface area (Å²) >= 11 is 6.03. The Morgan fingerprint density at radius 3 is 2.16 bits per heavy atom. The van der Waals surface area contributed by atoms with Crippen molar-refractivity contribution in [3.63, 3.8) is 0 Å². The topological polar surface area (TPSA) is 40.6 Å². The third-order valence-corrected chi connectivity index (χ3v) is 7.18. The summed E-state index contributed by atoms with van der Waals surface area (Å²) < 4.78 is 27.6. The zero-order valence-corrected chi connectivity index (χ0v) is 16.2. The second kappa shape index (κ2) is 7.08. The van der Waals surface area contributed by atoms with Gasteiger partial charge < -0.3 is 0 Å². The normalized spacial score (nSPS) is 22.6. The van der Waals surface area contributed by atoms with Crippen molar-refractivity contribution >= 4 is 21.6 Å². The van der Waals surface area contributed by atoms with Gasteiger partial charge in [-0.2, -0.15) is 0 Å². The van der Waals surface area contributed by atoms with Gasteiger partial charge in [-0.15, -0.1) is 4.41 Å². The van der Waals surface area contributed by atoms with Crippen LogP contribution in [0.3, 0.4) is 0 Å². The summed E-state index contributed by atoms with van der Waals surface area (Å²) in [4.78, 5) is 0. The summed E-state index contributed by atoms with van der Waals surface area (Å²) in [5.41, 5.74) is 2.09. The van der Waals surface area contributed by atoms with Crippen LogP contribution in [-0.4, -0.2) is 36.7 Å². The van der Waals surface area contributed by atoms with Gasteiger partial charge in [0.25, 0.3) is 0 Å². The van der Waals surface area contributed by atoms with Crippen LogP contribution in [0.4, 0.5) is 0 Å². The molecule has 25 heavy (non-hydrogen) atoms. The maximum Gasteiger partial charge on any atom is 0.229 e. The molecule has 1 saturated heterocycles. The highest BCUT2D eigenvalue weighted by Gasteiger charge is 2.46. The van der Waals surface area contributed by atoms with Crippen LogP contribution in [0.1, 0.15) is 36.9 Å². The lowest BCUT2D eigenvalue weighted by atomic mass is 9.89. The van der Waals surface area contributed by atoms with E-state index in [1.54, 1.807) is 18.3 Å². The van der Waals surface area contributed by atoms with Crippen LogP contribution in [0.25, 0.3) is 0 Å². The first-order valence-electron chi connectivity index (χ1n) is 8.37. The molecule has 6 heteroatoms. The van der Waals surface area contributed by atoms with Crippen molar-refractivity contribution in [3.05, 3.63) is 70.7 Å². The predicted octanol–water partition coefficient (Wildman–Crippen LogP) is 4.07. The first-order chi connectivity index (χ1) is 11.8. The summed E-state index contributed by atoms with van der Waals surface area (Å²) in [7, 11) is -1.61. The Hall–Kier alpha value is -1.40. The quantitative estimate of drug-likeness (QED) is 0.805. The van der Waals surface area contributed by atoms with Crippen molar-refractivity contribution < 1.29 is 8.42 Å². The van der Waals surface area contributed by atoms with E-state index >= 15 is 0 Å². The van der Waals surface area contributed by atoms with Gasteiger partial charge in [0.1, 0.15) is 0 Å². The highest BCUT2D eigenvalue weighted by atomic mass is 35.5. The summed E-state index contributed by atoms with van der Waals surface area (Å²) in [6.45, 7) is 4.08. The van der Waals surface area contributed by atoms with E-state index in [1.807, 2.05) is 54.5 Å². The zero-order valence-electron chi connectivity index (χ0n) is 14.6. The highest BCUT2D eigenvalue weighted by Crippen LogP contribution is 2.44. The fourth-order valence-corrected chi connectivity index (χ4v) is 5.01. The molecule has 0 spiro atoms. The molecular formula is C19H23ClN2O2S. The van der Waals surface area contributed by atoms with Gasteiger partial charge in [-0.05, 0) is 37.1 Å². The molecule has 0 aromatic heterocycles. The Morgan fingerprint density at radius 1 is 1.00 bits per heavy atom. The smallest absolute Gasteiger partial charge is 0.229 e. The van der Waals surface area contributed by atoms with Crippen molar-refractivity contribution in [2.24, 2.45) is 0 Å². The van der Waals surface area contributed by atoms with E-state index in [1.165, 1.54) is 0 Å². The molecule has 3 rings (SSSR count). The largest absolute Gasteiger partial charge is 0.230 e. The first-order valence-corrected chi connectivity index (χ1v) is 10.2. The zero-order chi connectivity index (χ0) is 18.2. The van der Waals surface area contributed by atoms with Gasteiger partial charge in [-0.1, -0.05) is 54.1 Å². The Bertz CT molecular complexity index is 822. The molecule has 1 heterocycles. The van der Waals surface area contributed by atoms with Crippen LogP contribution in [0, 0.1) is 0 Å². The van der Waals surface area contributed by atoms with Crippen molar-refractivity contribution in [3.8, 4) is 0 Å². The standard InChI is InChI=1S/C19H23ClN2O2S/c1-14(2)25(23,24)22-19(16-9-11-17(20)12-10-16)18(13-21(22)3)15-7-5-4-6-8-15/h4-12,14,18-19H,13H2,1-3H3. The van der Waals surface area contributed by atoms with Gasteiger partial charge in [0.15, 0.2) is 0 Å². The minimum Gasteiger partial charge on any atom is -0.230 e. The molecule has 134 valence electrons. The van der Waals surface area contributed by atoms with Crippen LogP contribution in [0.5, 0.6) is 0 Å². The van der Waals surface area contributed by atoms with Gasteiger partial charge in [0.2, 0.25) is 10.0 Å². The molecule has 4 nitrogen and oxygen atoms in total. The van der Waals surface area contributed by atoms with Crippen LogP contribution < -0.4 is 0 Å². The SMILES string of the molecule is CC(C)S(=O)(=O)N1C(c2ccc(Cl)cc2)C(c2ccccc2)CN1C. The minimum atomic E-state index is -3.45. The van der Waals surface area contributed by atoms with Gasteiger partial charge in [-0.3, -0.25) is 0 Å². The maximum absolute atomic E-state index is 13.0. The number of benzene rings is 2. The first kappa shape index (κ1) is 18.4. The van der Waals surface area contributed by atoms with E-state index in [4.69, 9.17) is 11.6 Å². The molecule has 0 amide bonds. The molecule has 1 aliphatic rings.